The normalized spacial score (nSPS) is 20.0. The van der Waals surface area contributed by atoms with Gasteiger partial charge in [0.2, 0.25) is 0 Å². The molecule has 1 saturated heterocycles. The zero-order chi connectivity index (χ0) is 15.4. The lowest BCUT2D eigenvalue weighted by molar-refractivity contribution is 0.0957. The van der Waals surface area contributed by atoms with E-state index in [4.69, 9.17) is 20.8 Å². The predicted octanol–water partition coefficient (Wildman–Crippen LogP) is 3.04. The molecule has 0 spiro atoms. The number of rotatable bonds is 4. The van der Waals surface area contributed by atoms with E-state index in [9.17, 15) is 5.11 Å². The Hall–Kier alpha value is -1.33. The number of benzene rings is 1. The first-order valence-electron chi connectivity index (χ1n) is 7.51. The predicted molar refractivity (Wildman–Crippen MR) is 85.8 cm³/mol. The number of hydrogen-bond donors (Lipinski definition) is 1. The first kappa shape index (κ1) is 15.6. The van der Waals surface area contributed by atoms with Crippen molar-refractivity contribution in [2.45, 2.75) is 6.54 Å². The average Bonchev–Trinajstić information content (AvgIpc) is 2.86. The highest BCUT2D eigenvalue weighted by molar-refractivity contribution is 6.33. The van der Waals surface area contributed by atoms with Crippen LogP contribution in [0.25, 0.3) is 11.3 Å². The molecule has 3 rings (SSSR count). The third kappa shape index (κ3) is 3.70. The second-order valence-electron chi connectivity index (χ2n) is 5.60. The van der Waals surface area contributed by atoms with Crippen LogP contribution in [-0.2, 0) is 11.3 Å². The fraction of sp³-hybridized carbons (Fsp3) is 0.412. The lowest BCUT2D eigenvalue weighted by Gasteiger charge is -2.20. The van der Waals surface area contributed by atoms with Gasteiger partial charge in [-0.1, -0.05) is 23.7 Å². The number of ether oxygens (including phenoxy) is 1. The molecular formula is C17H20ClNO3. The Morgan fingerprint density at radius 2 is 2.09 bits per heavy atom. The van der Waals surface area contributed by atoms with Crippen LogP contribution in [-0.4, -0.2) is 42.9 Å². The first-order chi connectivity index (χ1) is 10.8. The van der Waals surface area contributed by atoms with Gasteiger partial charge in [-0.25, -0.2) is 0 Å². The van der Waals surface area contributed by atoms with Crippen molar-refractivity contribution in [1.29, 1.82) is 0 Å². The Kier molecular flexibility index (Phi) is 5.16. The second-order valence-corrected chi connectivity index (χ2v) is 6.01. The van der Waals surface area contributed by atoms with Crippen LogP contribution in [0, 0.1) is 5.92 Å². The number of aliphatic hydroxyl groups excluding tert-OH is 1. The van der Waals surface area contributed by atoms with Gasteiger partial charge in [-0.05, 0) is 24.3 Å². The number of aliphatic hydroxyl groups is 1. The van der Waals surface area contributed by atoms with Crippen molar-refractivity contribution < 1.29 is 14.3 Å². The molecule has 1 atom stereocenters. The molecule has 22 heavy (non-hydrogen) atoms. The lowest BCUT2D eigenvalue weighted by atomic mass is 10.1. The monoisotopic (exact) mass is 321 g/mol. The molecule has 1 aromatic heterocycles. The molecule has 0 unspecified atom stereocenters. The van der Waals surface area contributed by atoms with Gasteiger partial charge in [-0.2, -0.15) is 0 Å². The zero-order valence-corrected chi connectivity index (χ0v) is 13.1. The van der Waals surface area contributed by atoms with E-state index in [-0.39, 0.29) is 12.5 Å². The zero-order valence-electron chi connectivity index (χ0n) is 12.4. The summed E-state index contributed by atoms with van der Waals surface area (Å²) in [6, 6.07) is 11.6. The molecule has 0 radical (unpaired) electrons. The summed E-state index contributed by atoms with van der Waals surface area (Å²) >= 11 is 6.20. The van der Waals surface area contributed by atoms with Crippen molar-refractivity contribution in [2.75, 3.05) is 32.9 Å². The fourth-order valence-corrected chi connectivity index (χ4v) is 2.92. The minimum absolute atomic E-state index is 0.152. The molecule has 0 saturated carbocycles. The summed E-state index contributed by atoms with van der Waals surface area (Å²) in [5, 5.41) is 10.0. The Morgan fingerprint density at radius 1 is 1.23 bits per heavy atom. The Balaban J connectivity index is 1.70. The molecule has 1 fully saturated rings. The SMILES string of the molecule is OC[C@@H]1COCCN(Cc2ccc(-c3ccccc3Cl)o2)C1. The Bertz CT molecular complexity index is 613. The van der Waals surface area contributed by atoms with Gasteiger partial charge in [0.25, 0.3) is 0 Å². The van der Waals surface area contributed by atoms with Crippen LogP contribution in [0.1, 0.15) is 5.76 Å². The number of hydrogen-bond acceptors (Lipinski definition) is 4. The quantitative estimate of drug-likeness (QED) is 0.940. The Morgan fingerprint density at radius 3 is 2.91 bits per heavy atom. The molecular weight excluding hydrogens is 302 g/mol. The summed E-state index contributed by atoms with van der Waals surface area (Å²) in [5.74, 6) is 1.85. The molecule has 2 aromatic rings. The van der Waals surface area contributed by atoms with Gasteiger partial charge in [0.1, 0.15) is 11.5 Å². The third-order valence-corrected chi connectivity index (χ3v) is 4.19. The molecule has 0 amide bonds. The summed E-state index contributed by atoms with van der Waals surface area (Å²) in [6.07, 6.45) is 0. The standard InChI is InChI=1S/C17H20ClNO3/c18-16-4-2-1-3-15(16)17-6-5-14(22-17)10-19-7-8-21-12-13(9-19)11-20/h1-6,13,20H,7-12H2/t13-/m1/s1. The van der Waals surface area contributed by atoms with E-state index in [0.29, 0.717) is 24.8 Å². The topological polar surface area (TPSA) is 45.8 Å². The molecule has 2 heterocycles. The van der Waals surface area contributed by atoms with E-state index in [1.165, 1.54) is 0 Å². The van der Waals surface area contributed by atoms with Gasteiger partial charge in [-0.3, -0.25) is 4.90 Å². The van der Waals surface area contributed by atoms with Crippen LogP contribution in [0.4, 0.5) is 0 Å². The molecule has 1 aromatic carbocycles. The molecule has 5 heteroatoms. The smallest absolute Gasteiger partial charge is 0.135 e. The van der Waals surface area contributed by atoms with E-state index < -0.39 is 0 Å². The molecule has 118 valence electrons. The van der Waals surface area contributed by atoms with E-state index in [2.05, 4.69) is 4.90 Å². The fourth-order valence-electron chi connectivity index (χ4n) is 2.70. The van der Waals surface area contributed by atoms with Crippen molar-refractivity contribution >= 4 is 11.6 Å². The summed E-state index contributed by atoms with van der Waals surface area (Å²) in [6.45, 7) is 3.84. The van der Waals surface area contributed by atoms with E-state index >= 15 is 0 Å². The minimum Gasteiger partial charge on any atom is -0.460 e. The maximum absolute atomic E-state index is 9.34. The molecule has 1 aliphatic heterocycles. The van der Waals surface area contributed by atoms with Gasteiger partial charge in [0, 0.05) is 31.2 Å². The van der Waals surface area contributed by atoms with Crippen LogP contribution in [0.3, 0.4) is 0 Å². The highest BCUT2D eigenvalue weighted by Crippen LogP contribution is 2.29. The summed E-state index contributed by atoms with van der Waals surface area (Å²) < 4.78 is 11.4. The number of furan rings is 1. The van der Waals surface area contributed by atoms with Gasteiger partial charge < -0.3 is 14.3 Å². The highest BCUT2D eigenvalue weighted by Gasteiger charge is 2.19. The molecule has 4 nitrogen and oxygen atoms in total. The van der Waals surface area contributed by atoms with Gasteiger partial charge in [0.15, 0.2) is 0 Å². The number of halogens is 1. The van der Waals surface area contributed by atoms with Crippen LogP contribution in [0.2, 0.25) is 5.02 Å². The third-order valence-electron chi connectivity index (χ3n) is 3.86. The Labute approximate surface area is 135 Å². The minimum atomic E-state index is 0.152. The van der Waals surface area contributed by atoms with Crippen LogP contribution < -0.4 is 0 Å². The molecule has 1 aliphatic rings. The lowest BCUT2D eigenvalue weighted by Crippen LogP contribution is -2.30. The second kappa shape index (κ2) is 7.29. The van der Waals surface area contributed by atoms with Gasteiger partial charge >= 0.3 is 0 Å². The first-order valence-corrected chi connectivity index (χ1v) is 7.88. The van der Waals surface area contributed by atoms with E-state index in [1.807, 2.05) is 36.4 Å². The molecule has 0 bridgehead atoms. The average molecular weight is 322 g/mol. The van der Waals surface area contributed by atoms with Crippen LogP contribution in [0.5, 0.6) is 0 Å². The van der Waals surface area contributed by atoms with Crippen LogP contribution >= 0.6 is 11.6 Å². The van der Waals surface area contributed by atoms with E-state index in [0.717, 1.165) is 30.2 Å². The summed E-state index contributed by atoms with van der Waals surface area (Å²) in [5.41, 5.74) is 0.905. The maximum atomic E-state index is 9.34. The van der Waals surface area contributed by atoms with Gasteiger partial charge in [-0.15, -0.1) is 0 Å². The van der Waals surface area contributed by atoms with Crippen molar-refractivity contribution in [3.63, 3.8) is 0 Å². The molecule has 1 N–H and O–H groups in total. The van der Waals surface area contributed by atoms with Crippen molar-refractivity contribution in [3.8, 4) is 11.3 Å². The summed E-state index contributed by atoms with van der Waals surface area (Å²) in [4.78, 5) is 2.25. The van der Waals surface area contributed by atoms with Crippen molar-refractivity contribution in [1.82, 2.24) is 4.90 Å². The van der Waals surface area contributed by atoms with Crippen LogP contribution in [0.15, 0.2) is 40.8 Å². The highest BCUT2D eigenvalue weighted by atomic mass is 35.5. The van der Waals surface area contributed by atoms with Crippen molar-refractivity contribution in [3.05, 3.63) is 47.2 Å². The maximum Gasteiger partial charge on any atom is 0.135 e. The molecule has 0 aliphatic carbocycles. The van der Waals surface area contributed by atoms with Gasteiger partial charge in [0.05, 0.1) is 24.8 Å². The largest absolute Gasteiger partial charge is 0.460 e. The van der Waals surface area contributed by atoms with Crippen molar-refractivity contribution in [2.24, 2.45) is 5.92 Å². The number of nitrogens with zero attached hydrogens (tertiary/aromatic N) is 1. The van der Waals surface area contributed by atoms with E-state index in [1.54, 1.807) is 0 Å². The summed E-state index contributed by atoms with van der Waals surface area (Å²) in [7, 11) is 0.